The molecular formula is C15H12F3NO2. The van der Waals surface area contributed by atoms with E-state index in [1.165, 1.54) is 0 Å². The highest BCUT2D eigenvalue weighted by Gasteiger charge is 2.13. The van der Waals surface area contributed by atoms with Crippen LogP contribution < -0.4 is 14.8 Å². The van der Waals surface area contributed by atoms with Gasteiger partial charge in [0.05, 0.1) is 0 Å². The molecule has 0 bridgehead atoms. The highest BCUT2D eigenvalue weighted by atomic mass is 19.2. The Hall–Kier alpha value is -2.37. The molecular weight excluding hydrogens is 283 g/mol. The maximum absolute atomic E-state index is 13.1. The van der Waals surface area contributed by atoms with Crippen molar-refractivity contribution in [3.05, 3.63) is 53.3 Å². The molecule has 0 fully saturated rings. The summed E-state index contributed by atoms with van der Waals surface area (Å²) in [5, 5.41) is 2.83. The Morgan fingerprint density at radius 1 is 0.905 bits per heavy atom. The molecule has 0 unspecified atom stereocenters. The number of hydrogen-bond acceptors (Lipinski definition) is 3. The zero-order valence-corrected chi connectivity index (χ0v) is 11.0. The fraction of sp³-hybridized carbons (Fsp3) is 0.200. The molecule has 2 aromatic carbocycles. The summed E-state index contributed by atoms with van der Waals surface area (Å²) in [5.41, 5.74) is 1.02. The minimum atomic E-state index is -1.47. The first-order chi connectivity index (χ1) is 10.1. The van der Waals surface area contributed by atoms with E-state index in [-0.39, 0.29) is 5.69 Å². The molecule has 110 valence electrons. The molecule has 0 radical (unpaired) electrons. The van der Waals surface area contributed by atoms with E-state index in [0.29, 0.717) is 31.3 Å². The van der Waals surface area contributed by atoms with E-state index in [1.54, 1.807) is 12.1 Å². The van der Waals surface area contributed by atoms with Crippen LogP contribution in [0, 0.1) is 17.5 Å². The van der Waals surface area contributed by atoms with Crippen molar-refractivity contribution in [1.82, 2.24) is 0 Å². The average molecular weight is 295 g/mol. The summed E-state index contributed by atoms with van der Waals surface area (Å²) in [5.74, 6) is -2.61. The highest BCUT2D eigenvalue weighted by Crippen LogP contribution is 2.31. The molecule has 0 spiro atoms. The molecule has 6 heteroatoms. The summed E-state index contributed by atoms with van der Waals surface area (Å²) >= 11 is 0. The molecule has 21 heavy (non-hydrogen) atoms. The molecule has 0 amide bonds. The fourth-order valence-corrected chi connectivity index (χ4v) is 2.06. The van der Waals surface area contributed by atoms with E-state index in [1.807, 2.05) is 6.07 Å². The number of halogens is 3. The number of rotatable bonds is 3. The van der Waals surface area contributed by atoms with E-state index in [0.717, 1.165) is 17.7 Å². The van der Waals surface area contributed by atoms with Crippen LogP contribution in [0.15, 0.2) is 30.3 Å². The van der Waals surface area contributed by atoms with Crippen molar-refractivity contribution in [2.24, 2.45) is 0 Å². The molecule has 1 N–H and O–H groups in total. The van der Waals surface area contributed by atoms with E-state index in [2.05, 4.69) is 5.32 Å². The SMILES string of the molecule is Fc1cc(NCc2ccc3c(c2)OCCO3)cc(F)c1F. The van der Waals surface area contributed by atoms with E-state index in [4.69, 9.17) is 9.47 Å². The number of benzene rings is 2. The Morgan fingerprint density at radius 3 is 2.29 bits per heavy atom. The Labute approximate surface area is 119 Å². The van der Waals surface area contributed by atoms with Crippen LogP contribution in [0.3, 0.4) is 0 Å². The maximum atomic E-state index is 13.1. The normalized spacial score (nSPS) is 13.1. The molecule has 3 rings (SSSR count). The van der Waals surface area contributed by atoms with E-state index < -0.39 is 17.5 Å². The standard InChI is InChI=1S/C15H12F3NO2/c16-11-6-10(7-12(17)15(11)18)19-8-9-1-2-13-14(5-9)21-4-3-20-13/h1-2,5-7,19H,3-4,8H2. The molecule has 1 heterocycles. The van der Waals surface area contributed by atoms with Crippen LogP contribution in [0.2, 0.25) is 0 Å². The fourth-order valence-electron chi connectivity index (χ4n) is 2.06. The van der Waals surface area contributed by atoms with Gasteiger partial charge in [-0.15, -0.1) is 0 Å². The van der Waals surface area contributed by atoms with Gasteiger partial charge in [-0.25, -0.2) is 13.2 Å². The molecule has 2 aromatic rings. The van der Waals surface area contributed by atoms with Gasteiger partial charge in [-0.1, -0.05) is 6.07 Å². The van der Waals surface area contributed by atoms with Crippen molar-refractivity contribution < 1.29 is 22.6 Å². The molecule has 0 saturated carbocycles. The van der Waals surface area contributed by atoms with Crippen LogP contribution in [0.25, 0.3) is 0 Å². The van der Waals surface area contributed by atoms with Crippen molar-refractivity contribution in [1.29, 1.82) is 0 Å². The van der Waals surface area contributed by atoms with Crippen molar-refractivity contribution in [2.45, 2.75) is 6.54 Å². The molecule has 0 saturated heterocycles. The number of nitrogens with one attached hydrogen (secondary N) is 1. The van der Waals surface area contributed by atoms with Crippen LogP contribution in [-0.2, 0) is 6.54 Å². The summed E-state index contributed by atoms with van der Waals surface area (Å²) in [7, 11) is 0. The lowest BCUT2D eigenvalue weighted by molar-refractivity contribution is 0.171. The van der Waals surface area contributed by atoms with Gasteiger partial charge >= 0.3 is 0 Å². The highest BCUT2D eigenvalue weighted by molar-refractivity contribution is 5.47. The Bertz CT molecular complexity index is 653. The lowest BCUT2D eigenvalue weighted by Crippen LogP contribution is -2.15. The van der Waals surface area contributed by atoms with Crippen LogP contribution >= 0.6 is 0 Å². The summed E-state index contributed by atoms with van der Waals surface area (Å²) in [6, 6.07) is 7.21. The predicted molar refractivity (Wildman–Crippen MR) is 71.1 cm³/mol. The lowest BCUT2D eigenvalue weighted by atomic mass is 10.2. The molecule has 0 atom stereocenters. The second-order valence-corrected chi connectivity index (χ2v) is 4.59. The smallest absolute Gasteiger partial charge is 0.194 e. The van der Waals surface area contributed by atoms with E-state index >= 15 is 0 Å². The Morgan fingerprint density at radius 2 is 1.57 bits per heavy atom. The number of anilines is 1. The first kappa shape index (κ1) is 13.6. The Balaban J connectivity index is 1.73. The average Bonchev–Trinajstić information content (AvgIpc) is 2.50. The number of hydrogen-bond donors (Lipinski definition) is 1. The topological polar surface area (TPSA) is 30.5 Å². The van der Waals surface area contributed by atoms with Gasteiger partial charge < -0.3 is 14.8 Å². The zero-order chi connectivity index (χ0) is 14.8. The Kier molecular flexibility index (Phi) is 3.60. The van der Waals surface area contributed by atoms with Gasteiger partial charge in [-0.05, 0) is 17.7 Å². The number of fused-ring (bicyclic) bond motifs is 1. The van der Waals surface area contributed by atoms with Gasteiger partial charge in [-0.2, -0.15) is 0 Å². The maximum Gasteiger partial charge on any atom is 0.194 e. The quantitative estimate of drug-likeness (QED) is 0.879. The first-order valence-electron chi connectivity index (χ1n) is 6.40. The van der Waals surface area contributed by atoms with Crippen LogP contribution in [-0.4, -0.2) is 13.2 Å². The van der Waals surface area contributed by atoms with Crippen LogP contribution in [0.4, 0.5) is 18.9 Å². The van der Waals surface area contributed by atoms with Gasteiger partial charge in [0, 0.05) is 24.4 Å². The van der Waals surface area contributed by atoms with Gasteiger partial charge in [0.15, 0.2) is 29.0 Å². The monoisotopic (exact) mass is 295 g/mol. The second kappa shape index (κ2) is 5.55. The molecule has 1 aliphatic heterocycles. The summed E-state index contributed by atoms with van der Waals surface area (Å²) < 4.78 is 49.9. The molecule has 3 nitrogen and oxygen atoms in total. The zero-order valence-electron chi connectivity index (χ0n) is 11.0. The van der Waals surface area contributed by atoms with E-state index in [9.17, 15) is 13.2 Å². The lowest BCUT2D eigenvalue weighted by Gasteiger charge is -2.19. The summed E-state index contributed by atoms with van der Waals surface area (Å²) in [6.45, 7) is 1.32. The van der Waals surface area contributed by atoms with Crippen LogP contribution in [0.5, 0.6) is 11.5 Å². The van der Waals surface area contributed by atoms with Crippen LogP contribution in [0.1, 0.15) is 5.56 Å². The molecule has 0 aromatic heterocycles. The first-order valence-corrected chi connectivity index (χ1v) is 6.40. The van der Waals surface area contributed by atoms with Crippen molar-refractivity contribution in [3.8, 4) is 11.5 Å². The van der Waals surface area contributed by atoms with Crippen molar-refractivity contribution >= 4 is 5.69 Å². The van der Waals surface area contributed by atoms with Gasteiger partial charge in [0.1, 0.15) is 13.2 Å². The largest absolute Gasteiger partial charge is 0.486 e. The minimum absolute atomic E-state index is 0.168. The third-order valence-electron chi connectivity index (χ3n) is 3.09. The van der Waals surface area contributed by atoms with Gasteiger partial charge in [0.25, 0.3) is 0 Å². The summed E-state index contributed by atoms with van der Waals surface area (Å²) in [4.78, 5) is 0. The van der Waals surface area contributed by atoms with Gasteiger partial charge in [0.2, 0.25) is 0 Å². The minimum Gasteiger partial charge on any atom is -0.486 e. The third-order valence-corrected chi connectivity index (χ3v) is 3.09. The molecule has 0 aliphatic carbocycles. The van der Waals surface area contributed by atoms with Crippen molar-refractivity contribution in [2.75, 3.05) is 18.5 Å². The predicted octanol–water partition coefficient (Wildman–Crippen LogP) is 3.49. The summed E-state index contributed by atoms with van der Waals surface area (Å²) in [6.07, 6.45) is 0. The second-order valence-electron chi connectivity index (χ2n) is 4.59. The van der Waals surface area contributed by atoms with Crippen molar-refractivity contribution in [3.63, 3.8) is 0 Å². The molecule has 1 aliphatic rings. The van der Waals surface area contributed by atoms with Gasteiger partial charge in [-0.3, -0.25) is 0 Å². The number of ether oxygens (including phenoxy) is 2. The third kappa shape index (κ3) is 2.89.